The van der Waals surface area contributed by atoms with E-state index in [0.717, 1.165) is 0 Å². The van der Waals surface area contributed by atoms with Crippen LogP contribution in [0.5, 0.6) is 0 Å². The number of carboxylic acid groups (broad SMARTS) is 1. The highest BCUT2D eigenvalue weighted by Crippen LogP contribution is 2.18. The molecule has 1 unspecified atom stereocenters. The number of nitrogens with two attached hydrogens (primary N) is 1. The molecule has 0 amide bonds. The van der Waals surface area contributed by atoms with Crippen molar-refractivity contribution in [1.82, 2.24) is 9.97 Å². The SMILES string of the molecule is CC(C)Nc1ncc(N)c(NC(C)CCC(=O)O)n1. The first-order valence-electron chi connectivity index (χ1n) is 6.26. The van der Waals surface area contributed by atoms with Crippen LogP contribution in [0.25, 0.3) is 0 Å². The van der Waals surface area contributed by atoms with Crippen LogP contribution >= 0.6 is 0 Å². The summed E-state index contributed by atoms with van der Waals surface area (Å²) in [6.45, 7) is 5.87. The fourth-order valence-electron chi connectivity index (χ4n) is 1.48. The number of carbonyl (C=O) groups is 1. The molecule has 7 nitrogen and oxygen atoms in total. The summed E-state index contributed by atoms with van der Waals surface area (Å²) in [5.74, 6) is 0.208. The van der Waals surface area contributed by atoms with E-state index in [9.17, 15) is 4.79 Å². The standard InChI is InChI=1S/C12H21N5O2/c1-7(2)15-12-14-6-9(13)11(17-12)16-8(3)4-5-10(18)19/h6-8H,4-5,13H2,1-3H3,(H,18,19)(H2,14,15,16,17). The van der Waals surface area contributed by atoms with Gasteiger partial charge in [-0.3, -0.25) is 4.79 Å². The molecule has 0 aliphatic carbocycles. The number of hydrogen-bond donors (Lipinski definition) is 4. The Kier molecular flexibility index (Phi) is 5.35. The van der Waals surface area contributed by atoms with E-state index in [1.165, 1.54) is 6.20 Å². The van der Waals surface area contributed by atoms with Gasteiger partial charge in [0.25, 0.3) is 0 Å². The van der Waals surface area contributed by atoms with Crippen molar-refractivity contribution in [3.05, 3.63) is 6.20 Å². The van der Waals surface area contributed by atoms with Crippen LogP contribution in [0.15, 0.2) is 6.20 Å². The van der Waals surface area contributed by atoms with E-state index in [0.29, 0.717) is 23.9 Å². The van der Waals surface area contributed by atoms with Crippen molar-refractivity contribution in [2.75, 3.05) is 16.4 Å². The summed E-state index contributed by atoms with van der Waals surface area (Å²) in [7, 11) is 0. The van der Waals surface area contributed by atoms with Crippen molar-refractivity contribution in [2.24, 2.45) is 0 Å². The molecule has 0 aromatic carbocycles. The summed E-state index contributed by atoms with van der Waals surface area (Å²) >= 11 is 0. The topological polar surface area (TPSA) is 113 Å². The molecule has 19 heavy (non-hydrogen) atoms. The van der Waals surface area contributed by atoms with Crippen LogP contribution in [-0.4, -0.2) is 33.1 Å². The Morgan fingerprint density at radius 2 is 2.11 bits per heavy atom. The molecule has 0 spiro atoms. The minimum absolute atomic E-state index is 0.0276. The summed E-state index contributed by atoms with van der Waals surface area (Å²) in [5, 5.41) is 14.8. The highest BCUT2D eigenvalue weighted by Gasteiger charge is 2.10. The third-order valence-electron chi connectivity index (χ3n) is 2.41. The molecule has 5 N–H and O–H groups in total. The van der Waals surface area contributed by atoms with Gasteiger partial charge in [-0.2, -0.15) is 4.98 Å². The van der Waals surface area contributed by atoms with Gasteiger partial charge in [0.15, 0.2) is 5.82 Å². The largest absolute Gasteiger partial charge is 0.481 e. The molecule has 1 rings (SSSR count). The van der Waals surface area contributed by atoms with Crippen molar-refractivity contribution in [2.45, 2.75) is 45.7 Å². The fourth-order valence-corrected chi connectivity index (χ4v) is 1.48. The number of anilines is 3. The summed E-state index contributed by atoms with van der Waals surface area (Å²) in [5.41, 5.74) is 6.23. The van der Waals surface area contributed by atoms with Crippen LogP contribution in [0.1, 0.15) is 33.6 Å². The lowest BCUT2D eigenvalue weighted by molar-refractivity contribution is -0.137. The lowest BCUT2D eigenvalue weighted by Gasteiger charge is -2.16. The molecular weight excluding hydrogens is 246 g/mol. The smallest absolute Gasteiger partial charge is 0.303 e. The zero-order valence-electron chi connectivity index (χ0n) is 11.5. The van der Waals surface area contributed by atoms with Crippen molar-refractivity contribution in [1.29, 1.82) is 0 Å². The molecule has 0 saturated heterocycles. The Labute approximate surface area is 112 Å². The number of nitrogens with one attached hydrogen (secondary N) is 2. The van der Waals surface area contributed by atoms with Gasteiger partial charge in [0, 0.05) is 18.5 Å². The minimum atomic E-state index is -0.813. The van der Waals surface area contributed by atoms with Gasteiger partial charge in [0.05, 0.1) is 11.9 Å². The van der Waals surface area contributed by atoms with E-state index < -0.39 is 5.97 Å². The van der Waals surface area contributed by atoms with Gasteiger partial charge < -0.3 is 21.5 Å². The van der Waals surface area contributed by atoms with Gasteiger partial charge >= 0.3 is 5.97 Å². The van der Waals surface area contributed by atoms with E-state index >= 15 is 0 Å². The minimum Gasteiger partial charge on any atom is -0.481 e. The van der Waals surface area contributed by atoms with Crippen LogP contribution < -0.4 is 16.4 Å². The van der Waals surface area contributed by atoms with Crippen molar-refractivity contribution < 1.29 is 9.90 Å². The molecule has 1 atom stereocenters. The maximum atomic E-state index is 10.5. The Balaban J connectivity index is 2.68. The molecule has 1 heterocycles. The van der Waals surface area contributed by atoms with Gasteiger partial charge in [-0.1, -0.05) is 0 Å². The van der Waals surface area contributed by atoms with E-state index in [1.807, 2.05) is 20.8 Å². The van der Waals surface area contributed by atoms with Crippen LogP contribution in [0, 0.1) is 0 Å². The normalized spacial score (nSPS) is 12.2. The molecule has 0 aliphatic heterocycles. The van der Waals surface area contributed by atoms with Gasteiger partial charge in [-0.05, 0) is 27.2 Å². The summed E-state index contributed by atoms with van der Waals surface area (Å²) in [6, 6.07) is 0.195. The quantitative estimate of drug-likeness (QED) is 0.592. The monoisotopic (exact) mass is 267 g/mol. The van der Waals surface area contributed by atoms with E-state index in [1.54, 1.807) is 0 Å². The molecule has 0 bridgehead atoms. The zero-order chi connectivity index (χ0) is 14.4. The van der Waals surface area contributed by atoms with E-state index in [2.05, 4.69) is 20.6 Å². The number of aromatic nitrogens is 2. The van der Waals surface area contributed by atoms with E-state index in [4.69, 9.17) is 10.8 Å². The van der Waals surface area contributed by atoms with Gasteiger partial charge in [-0.15, -0.1) is 0 Å². The van der Waals surface area contributed by atoms with Crippen molar-refractivity contribution in [3.63, 3.8) is 0 Å². The fraction of sp³-hybridized carbons (Fsp3) is 0.583. The molecule has 106 valence electrons. The average molecular weight is 267 g/mol. The van der Waals surface area contributed by atoms with Gasteiger partial charge in [-0.25, -0.2) is 4.98 Å². The molecular formula is C12H21N5O2. The summed E-state index contributed by atoms with van der Waals surface area (Å²) in [4.78, 5) is 18.9. The average Bonchev–Trinajstić information content (AvgIpc) is 2.30. The second-order valence-corrected chi connectivity index (χ2v) is 4.77. The Morgan fingerprint density at radius 3 is 2.68 bits per heavy atom. The molecule has 0 fully saturated rings. The molecule has 0 aliphatic rings. The second-order valence-electron chi connectivity index (χ2n) is 4.77. The second kappa shape index (κ2) is 6.77. The van der Waals surface area contributed by atoms with Crippen LogP contribution in [-0.2, 0) is 4.79 Å². The van der Waals surface area contributed by atoms with Gasteiger partial charge in [0.1, 0.15) is 0 Å². The maximum absolute atomic E-state index is 10.5. The summed E-state index contributed by atoms with van der Waals surface area (Å²) < 4.78 is 0. The van der Waals surface area contributed by atoms with Crippen LogP contribution in [0.3, 0.4) is 0 Å². The Hall–Kier alpha value is -2.05. The predicted molar refractivity (Wildman–Crippen MR) is 75.2 cm³/mol. The van der Waals surface area contributed by atoms with Crippen LogP contribution in [0.2, 0.25) is 0 Å². The summed E-state index contributed by atoms with van der Waals surface area (Å²) in [6.07, 6.45) is 2.14. The first-order chi connectivity index (χ1) is 8.88. The zero-order valence-corrected chi connectivity index (χ0v) is 11.5. The van der Waals surface area contributed by atoms with Crippen molar-refractivity contribution in [3.8, 4) is 0 Å². The molecule has 1 aromatic heterocycles. The number of rotatable bonds is 7. The number of hydrogen-bond acceptors (Lipinski definition) is 6. The third-order valence-corrected chi connectivity index (χ3v) is 2.41. The molecule has 7 heteroatoms. The Morgan fingerprint density at radius 1 is 1.42 bits per heavy atom. The lowest BCUT2D eigenvalue weighted by atomic mass is 10.2. The maximum Gasteiger partial charge on any atom is 0.303 e. The number of carboxylic acids is 1. The third kappa shape index (κ3) is 5.41. The number of aliphatic carboxylic acids is 1. The molecule has 0 saturated carbocycles. The van der Waals surface area contributed by atoms with Crippen LogP contribution in [0.4, 0.5) is 17.5 Å². The van der Waals surface area contributed by atoms with E-state index in [-0.39, 0.29) is 18.5 Å². The first-order valence-corrected chi connectivity index (χ1v) is 6.26. The van der Waals surface area contributed by atoms with Gasteiger partial charge in [0.2, 0.25) is 5.95 Å². The highest BCUT2D eigenvalue weighted by atomic mass is 16.4. The highest BCUT2D eigenvalue weighted by molar-refractivity contribution is 5.67. The number of nitrogen functional groups attached to an aromatic ring is 1. The number of nitrogens with zero attached hydrogens (tertiary/aromatic N) is 2. The predicted octanol–water partition coefficient (Wildman–Crippen LogP) is 1.54. The first kappa shape index (κ1) is 15.0. The lowest BCUT2D eigenvalue weighted by Crippen LogP contribution is -2.20. The Bertz CT molecular complexity index is 436. The van der Waals surface area contributed by atoms with Crippen molar-refractivity contribution >= 4 is 23.4 Å². The molecule has 1 aromatic rings. The molecule has 0 radical (unpaired) electrons.